The zero-order valence-electron chi connectivity index (χ0n) is 11.1. The summed E-state index contributed by atoms with van der Waals surface area (Å²) in [6.45, 7) is 5.17. The van der Waals surface area contributed by atoms with E-state index in [9.17, 15) is 0 Å². The van der Waals surface area contributed by atoms with Gasteiger partial charge in [-0.3, -0.25) is 4.90 Å². The first kappa shape index (κ1) is 12.5. The van der Waals surface area contributed by atoms with Crippen LogP contribution in [0.5, 0.6) is 0 Å². The lowest BCUT2D eigenvalue weighted by Gasteiger charge is -2.26. The maximum Gasteiger partial charge on any atom is 0.146 e. The van der Waals surface area contributed by atoms with Crippen LogP contribution >= 0.6 is 0 Å². The Morgan fingerprint density at radius 1 is 1.35 bits per heavy atom. The topological polar surface area (TPSA) is 46.0 Å². The fourth-order valence-corrected chi connectivity index (χ4v) is 2.38. The average molecular weight is 237 g/mol. The van der Waals surface area contributed by atoms with Crippen LogP contribution in [0.3, 0.4) is 0 Å². The molecular weight excluding hydrogens is 214 g/mol. The van der Waals surface area contributed by atoms with Gasteiger partial charge in [-0.05, 0) is 46.3 Å². The molecule has 1 aromatic heterocycles. The third kappa shape index (κ3) is 3.04. The van der Waals surface area contributed by atoms with Crippen LogP contribution < -0.4 is 5.32 Å². The van der Waals surface area contributed by atoms with Crippen molar-refractivity contribution < 1.29 is 0 Å². The first-order valence-corrected chi connectivity index (χ1v) is 6.44. The number of rotatable bonds is 3. The second kappa shape index (κ2) is 5.60. The molecule has 0 amide bonds. The lowest BCUT2D eigenvalue weighted by molar-refractivity contribution is 0.209. The van der Waals surface area contributed by atoms with Gasteiger partial charge in [-0.1, -0.05) is 0 Å². The van der Waals surface area contributed by atoms with E-state index in [0.717, 1.165) is 31.3 Å². The molecule has 1 atom stereocenters. The minimum Gasteiger partial charge on any atom is -0.317 e. The quantitative estimate of drug-likeness (QED) is 0.840. The van der Waals surface area contributed by atoms with E-state index in [1.807, 2.05) is 14.0 Å². The number of aryl methyl sites for hydroxylation is 1. The van der Waals surface area contributed by atoms with Crippen LogP contribution in [0.15, 0.2) is 0 Å². The molecule has 2 heterocycles. The van der Waals surface area contributed by atoms with Crippen molar-refractivity contribution in [1.29, 1.82) is 0 Å². The fourth-order valence-electron chi connectivity index (χ4n) is 2.38. The summed E-state index contributed by atoms with van der Waals surface area (Å²) in [6.07, 6.45) is 3.78. The van der Waals surface area contributed by atoms with Crippen LogP contribution in [0, 0.1) is 6.92 Å². The molecule has 1 saturated heterocycles. The summed E-state index contributed by atoms with van der Waals surface area (Å²) in [6, 6.07) is 0.669. The molecule has 1 aromatic rings. The molecule has 96 valence electrons. The van der Waals surface area contributed by atoms with Gasteiger partial charge < -0.3 is 9.88 Å². The van der Waals surface area contributed by atoms with E-state index < -0.39 is 0 Å². The predicted molar refractivity (Wildman–Crippen MR) is 67.7 cm³/mol. The standard InChI is InChI=1S/C12H23N5/c1-10-14-15-12(17(10)3)9-16(2)11-5-4-7-13-8-6-11/h11,13H,4-9H2,1-3H3. The molecule has 0 bridgehead atoms. The normalized spacial score (nSPS) is 21.8. The molecule has 1 N–H and O–H groups in total. The predicted octanol–water partition coefficient (Wildman–Crippen LogP) is 0.697. The summed E-state index contributed by atoms with van der Waals surface area (Å²) in [4.78, 5) is 2.41. The molecule has 0 saturated carbocycles. The molecule has 1 aliphatic heterocycles. The van der Waals surface area contributed by atoms with E-state index in [4.69, 9.17) is 0 Å². The Kier molecular flexibility index (Phi) is 4.12. The molecule has 0 aromatic carbocycles. The van der Waals surface area contributed by atoms with Crippen LogP contribution in [0.4, 0.5) is 0 Å². The van der Waals surface area contributed by atoms with Crippen LogP contribution in [-0.4, -0.2) is 45.8 Å². The minimum atomic E-state index is 0.669. The molecule has 2 rings (SSSR count). The van der Waals surface area contributed by atoms with E-state index in [0.29, 0.717) is 6.04 Å². The number of hydrogen-bond donors (Lipinski definition) is 1. The summed E-state index contributed by atoms with van der Waals surface area (Å²) < 4.78 is 2.07. The van der Waals surface area contributed by atoms with Gasteiger partial charge in [0.05, 0.1) is 6.54 Å². The largest absolute Gasteiger partial charge is 0.317 e. The van der Waals surface area contributed by atoms with Crippen molar-refractivity contribution in [3.63, 3.8) is 0 Å². The average Bonchev–Trinajstić information content (AvgIpc) is 2.59. The van der Waals surface area contributed by atoms with Gasteiger partial charge >= 0.3 is 0 Å². The number of aromatic nitrogens is 3. The molecule has 5 nitrogen and oxygen atoms in total. The Morgan fingerprint density at radius 2 is 2.18 bits per heavy atom. The van der Waals surface area contributed by atoms with Crippen LogP contribution in [-0.2, 0) is 13.6 Å². The van der Waals surface area contributed by atoms with E-state index in [2.05, 4.69) is 32.0 Å². The van der Waals surface area contributed by atoms with Gasteiger partial charge in [-0.2, -0.15) is 0 Å². The van der Waals surface area contributed by atoms with Crippen LogP contribution in [0.1, 0.15) is 30.9 Å². The van der Waals surface area contributed by atoms with Crippen molar-refractivity contribution in [3.05, 3.63) is 11.6 Å². The third-order valence-electron chi connectivity index (χ3n) is 3.74. The zero-order chi connectivity index (χ0) is 12.3. The lowest BCUT2D eigenvalue weighted by Crippen LogP contribution is -2.32. The van der Waals surface area contributed by atoms with Crippen molar-refractivity contribution in [3.8, 4) is 0 Å². The maximum atomic E-state index is 4.23. The van der Waals surface area contributed by atoms with Crippen molar-refractivity contribution >= 4 is 0 Å². The smallest absolute Gasteiger partial charge is 0.146 e. The van der Waals surface area contributed by atoms with E-state index in [1.54, 1.807) is 0 Å². The Morgan fingerprint density at radius 3 is 2.88 bits per heavy atom. The molecule has 17 heavy (non-hydrogen) atoms. The van der Waals surface area contributed by atoms with Gasteiger partial charge in [0.25, 0.3) is 0 Å². The van der Waals surface area contributed by atoms with Gasteiger partial charge in [0, 0.05) is 13.1 Å². The third-order valence-corrected chi connectivity index (χ3v) is 3.74. The van der Waals surface area contributed by atoms with Crippen LogP contribution in [0.2, 0.25) is 0 Å². The molecular formula is C12H23N5. The molecule has 0 aliphatic carbocycles. The van der Waals surface area contributed by atoms with Gasteiger partial charge in [-0.25, -0.2) is 0 Å². The van der Waals surface area contributed by atoms with Gasteiger partial charge in [0.15, 0.2) is 0 Å². The highest BCUT2D eigenvalue weighted by atomic mass is 15.3. The Balaban J connectivity index is 1.95. The van der Waals surface area contributed by atoms with Gasteiger partial charge in [0.2, 0.25) is 0 Å². The van der Waals surface area contributed by atoms with Crippen LogP contribution in [0.25, 0.3) is 0 Å². The zero-order valence-corrected chi connectivity index (χ0v) is 11.1. The molecule has 0 spiro atoms. The Hall–Kier alpha value is -0.940. The van der Waals surface area contributed by atoms with Crippen molar-refractivity contribution in [2.45, 2.75) is 38.8 Å². The maximum absolute atomic E-state index is 4.23. The van der Waals surface area contributed by atoms with Crippen molar-refractivity contribution in [2.24, 2.45) is 7.05 Å². The summed E-state index contributed by atoms with van der Waals surface area (Å²) in [5.74, 6) is 2.04. The first-order valence-electron chi connectivity index (χ1n) is 6.44. The van der Waals surface area contributed by atoms with E-state index in [1.165, 1.54) is 19.3 Å². The Bertz CT molecular complexity index is 352. The SMILES string of the molecule is Cc1nnc(CN(C)C2CCCNCC2)n1C. The van der Waals surface area contributed by atoms with E-state index >= 15 is 0 Å². The summed E-state index contributed by atoms with van der Waals surface area (Å²) in [5.41, 5.74) is 0. The molecule has 0 radical (unpaired) electrons. The van der Waals surface area contributed by atoms with Gasteiger partial charge in [0.1, 0.15) is 11.6 Å². The van der Waals surface area contributed by atoms with E-state index in [-0.39, 0.29) is 0 Å². The highest BCUT2D eigenvalue weighted by Gasteiger charge is 2.18. The molecule has 1 unspecified atom stereocenters. The highest BCUT2D eigenvalue weighted by Crippen LogP contribution is 2.14. The fraction of sp³-hybridized carbons (Fsp3) is 0.833. The number of nitrogens with one attached hydrogen (secondary N) is 1. The lowest BCUT2D eigenvalue weighted by atomic mass is 10.1. The molecule has 1 fully saturated rings. The summed E-state index contributed by atoms with van der Waals surface area (Å²) in [5, 5.41) is 11.8. The number of nitrogens with zero attached hydrogens (tertiary/aromatic N) is 4. The second-order valence-electron chi connectivity index (χ2n) is 4.97. The minimum absolute atomic E-state index is 0.669. The van der Waals surface area contributed by atoms with Crippen molar-refractivity contribution in [1.82, 2.24) is 25.0 Å². The first-order chi connectivity index (χ1) is 8.18. The van der Waals surface area contributed by atoms with Gasteiger partial charge in [-0.15, -0.1) is 10.2 Å². The monoisotopic (exact) mass is 237 g/mol. The summed E-state index contributed by atoms with van der Waals surface area (Å²) >= 11 is 0. The van der Waals surface area contributed by atoms with Crippen molar-refractivity contribution in [2.75, 3.05) is 20.1 Å². The Labute approximate surface area is 103 Å². The molecule has 1 aliphatic rings. The second-order valence-corrected chi connectivity index (χ2v) is 4.97. The summed E-state index contributed by atoms with van der Waals surface area (Å²) in [7, 11) is 4.23. The number of hydrogen-bond acceptors (Lipinski definition) is 4. The highest BCUT2D eigenvalue weighted by molar-refractivity contribution is 4.93. The molecule has 5 heteroatoms.